The van der Waals surface area contributed by atoms with Gasteiger partial charge in [0.2, 0.25) is 0 Å². The van der Waals surface area contributed by atoms with Gasteiger partial charge >= 0.3 is 11.9 Å². The van der Waals surface area contributed by atoms with Crippen molar-refractivity contribution in [1.82, 2.24) is 14.7 Å². The Bertz CT molecular complexity index is 886. The van der Waals surface area contributed by atoms with Gasteiger partial charge < -0.3 is 23.8 Å². The zero-order chi connectivity index (χ0) is 28.7. The Morgan fingerprint density at radius 3 is 1.82 bits per heavy atom. The lowest BCUT2D eigenvalue weighted by Crippen LogP contribution is -2.57. The first-order valence-electron chi connectivity index (χ1n) is 13.3. The molecule has 0 saturated carbocycles. The molecule has 2 aliphatic rings. The SMILES string of the molecule is CN(C)C(C)(C)C#CC(=O)N1CC(OCCC(=O)OC(C)(C)CN2CC(OCCC(=O)OC(C)(C)C)C2)C1. The van der Waals surface area contributed by atoms with E-state index in [1.54, 1.807) is 4.90 Å². The Labute approximate surface area is 228 Å². The van der Waals surface area contributed by atoms with Crippen LogP contribution in [0.1, 0.15) is 61.3 Å². The first-order valence-corrected chi connectivity index (χ1v) is 13.3. The molecule has 0 N–H and O–H groups in total. The molecule has 0 bridgehead atoms. The Kier molecular flexibility index (Phi) is 11.2. The molecule has 216 valence electrons. The van der Waals surface area contributed by atoms with Crippen molar-refractivity contribution >= 4 is 17.8 Å². The zero-order valence-electron chi connectivity index (χ0n) is 24.7. The summed E-state index contributed by atoms with van der Waals surface area (Å²) >= 11 is 0. The van der Waals surface area contributed by atoms with Gasteiger partial charge in [0.25, 0.3) is 5.91 Å². The van der Waals surface area contributed by atoms with Crippen LogP contribution in [0.3, 0.4) is 0 Å². The zero-order valence-corrected chi connectivity index (χ0v) is 24.7. The van der Waals surface area contributed by atoms with Crippen LogP contribution < -0.4 is 0 Å². The predicted octanol–water partition coefficient (Wildman–Crippen LogP) is 1.70. The van der Waals surface area contributed by atoms with Gasteiger partial charge in [-0.25, -0.2) is 0 Å². The summed E-state index contributed by atoms with van der Waals surface area (Å²) < 4.78 is 22.4. The van der Waals surface area contributed by atoms with Gasteiger partial charge in [0.15, 0.2) is 0 Å². The van der Waals surface area contributed by atoms with Gasteiger partial charge in [0, 0.05) is 32.7 Å². The molecule has 0 radical (unpaired) electrons. The molecule has 10 nitrogen and oxygen atoms in total. The molecule has 0 aromatic carbocycles. The van der Waals surface area contributed by atoms with Crippen molar-refractivity contribution in [2.45, 2.75) is 90.3 Å². The fraction of sp³-hybridized carbons (Fsp3) is 0.821. The molecule has 0 spiro atoms. The van der Waals surface area contributed by atoms with Gasteiger partial charge in [0.05, 0.1) is 43.8 Å². The summed E-state index contributed by atoms with van der Waals surface area (Å²) in [6.45, 7) is 16.8. The van der Waals surface area contributed by atoms with Crippen molar-refractivity contribution < 1.29 is 33.3 Å². The number of carbonyl (C=O) groups excluding carboxylic acids is 3. The van der Waals surface area contributed by atoms with E-state index in [0.29, 0.717) is 26.2 Å². The number of rotatable bonds is 12. The third kappa shape index (κ3) is 11.3. The average molecular weight is 538 g/mol. The van der Waals surface area contributed by atoms with Crippen molar-refractivity contribution in [2.24, 2.45) is 0 Å². The van der Waals surface area contributed by atoms with Gasteiger partial charge in [-0.05, 0) is 68.5 Å². The third-order valence-corrected chi connectivity index (χ3v) is 6.39. The number of amides is 1. The van der Waals surface area contributed by atoms with E-state index in [4.69, 9.17) is 18.9 Å². The van der Waals surface area contributed by atoms with Crippen LogP contribution in [-0.2, 0) is 33.3 Å². The van der Waals surface area contributed by atoms with Crippen molar-refractivity contribution in [3.63, 3.8) is 0 Å². The summed E-state index contributed by atoms with van der Waals surface area (Å²) in [7, 11) is 3.85. The molecular weight excluding hydrogens is 490 g/mol. The number of nitrogens with zero attached hydrogens (tertiary/aromatic N) is 3. The van der Waals surface area contributed by atoms with Crippen molar-refractivity contribution in [3.8, 4) is 11.8 Å². The molecule has 1 amide bonds. The molecule has 0 aromatic heterocycles. The third-order valence-electron chi connectivity index (χ3n) is 6.39. The van der Waals surface area contributed by atoms with E-state index in [9.17, 15) is 14.4 Å². The molecule has 2 rings (SSSR count). The second-order valence-electron chi connectivity index (χ2n) is 12.4. The highest BCUT2D eigenvalue weighted by molar-refractivity contribution is 5.94. The number of ether oxygens (including phenoxy) is 4. The summed E-state index contributed by atoms with van der Waals surface area (Å²) in [5.74, 6) is 4.93. The minimum Gasteiger partial charge on any atom is -0.460 e. The minimum atomic E-state index is -0.642. The lowest BCUT2D eigenvalue weighted by atomic mass is 10.0. The Morgan fingerprint density at radius 2 is 1.32 bits per heavy atom. The van der Waals surface area contributed by atoms with Gasteiger partial charge in [-0.15, -0.1) is 0 Å². The maximum Gasteiger partial charge on any atom is 0.308 e. The van der Waals surface area contributed by atoms with Gasteiger partial charge in [-0.2, -0.15) is 0 Å². The summed E-state index contributed by atoms with van der Waals surface area (Å²) in [5.41, 5.74) is -1.51. The van der Waals surface area contributed by atoms with Crippen LogP contribution in [0.5, 0.6) is 0 Å². The van der Waals surface area contributed by atoms with Gasteiger partial charge in [-0.3, -0.25) is 24.2 Å². The summed E-state index contributed by atoms with van der Waals surface area (Å²) in [6, 6.07) is 0. The second kappa shape index (κ2) is 13.2. The lowest BCUT2D eigenvalue weighted by Gasteiger charge is -2.42. The average Bonchev–Trinajstić information content (AvgIpc) is 2.69. The first-order chi connectivity index (χ1) is 17.5. The standard InChI is InChI=1S/C28H47N3O7/c1-26(2,3)37-24(33)11-14-35-21-16-30(17-21)20-28(6,7)38-25(34)12-15-36-22-18-31(19-22)23(32)10-13-27(4,5)29(8)9/h21-22H,11-12,14-20H2,1-9H3. The quantitative estimate of drug-likeness (QED) is 0.272. The summed E-state index contributed by atoms with van der Waals surface area (Å²) in [6.07, 6.45) is 0.367. The normalized spacial score (nSPS) is 17.4. The van der Waals surface area contributed by atoms with E-state index >= 15 is 0 Å². The fourth-order valence-corrected chi connectivity index (χ4v) is 3.80. The van der Waals surface area contributed by atoms with Crippen molar-refractivity contribution in [1.29, 1.82) is 0 Å². The first kappa shape index (κ1) is 32.0. The van der Waals surface area contributed by atoms with Crippen LogP contribution in [-0.4, -0.2) is 122 Å². The number of carbonyl (C=O) groups is 3. The molecule has 2 heterocycles. The molecule has 0 unspecified atom stereocenters. The van der Waals surface area contributed by atoms with E-state index in [0.717, 1.165) is 13.1 Å². The van der Waals surface area contributed by atoms with Crippen LogP contribution >= 0.6 is 0 Å². The van der Waals surface area contributed by atoms with Gasteiger partial charge in [-0.1, -0.05) is 5.92 Å². The highest BCUT2D eigenvalue weighted by Gasteiger charge is 2.35. The molecule has 2 saturated heterocycles. The van der Waals surface area contributed by atoms with E-state index < -0.39 is 11.2 Å². The van der Waals surface area contributed by atoms with Crippen LogP contribution in [0, 0.1) is 11.8 Å². The summed E-state index contributed by atoms with van der Waals surface area (Å²) in [4.78, 5) is 42.1. The van der Waals surface area contributed by atoms with Crippen LogP contribution in [0.25, 0.3) is 0 Å². The fourth-order valence-electron chi connectivity index (χ4n) is 3.80. The number of hydrogen-bond acceptors (Lipinski definition) is 9. The molecule has 0 aliphatic carbocycles. The molecule has 2 aliphatic heterocycles. The lowest BCUT2D eigenvalue weighted by molar-refractivity contribution is -0.165. The van der Waals surface area contributed by atoms with E-state index in [1.807, 2.05) is 67.5 Å². The summed E-state index contributed by atoms with van der Waals surface area (Å²) in [5, 5.41) is 0. The largest absolute Gasteiger partial charge is 0.460 e. The Balaban J connectivity index is 1.55. The number of hydrogen-bond donors (Lipinski definition) is 0. The van der Waals surface area contributed by atoms with Crippen molar-refractivity contribution in [2.75, 3.05) is 60.0 Å². The Hall–Kier alpha value is -2.19. The molecule has 2 fully saturated rings. The molecular formula is C28H47N3O7. The number of likely N-dealkylation sites (tertiary alicyclic amines) is 2. The molecule has 0 atom stereocenters. The van der Waals surface area contributed by atoms with Crippen LogP contribution in [0.4, 0.5) is 0 Å². The van der Waals surface area contributed by atoms with E-state index in [-0.39, 0.29) is 55.0 Å². The monoisotopic (exact) mass is 537 g/mol. The molecule has 10 heteroatoms. The van der Waals surface area contributed by atoms with E-state index in [2.05, 4.69) is 16.7 Å². The van der Waals surface area contributed by atoms with E-state index in [1.165, 1.54) is 0 Å². The van der Waals surface area contributed by atoms with Crippen molar-refractivity contribution in [3.05, 3.63) is 0 Å². The molecule has 0 aromatic rings. The van der Waals surface area contributed by atoms with Gasteiger partial charge in [0.1, 0.15) is 11.2 Å². The maximum atomic E-state index is 12.3. The topological polar surface area (TPSA) is 97.9 Å². The molecule has 38 heavy (non-hydrogen) atoms. The second-order valence-corrected chi connectivity index (χ2v) is 12.4. The van der Waals surface area contributed by atoms with Crippen LogP contribution in [0.2, 0.25) is 0 Å². The predicted molar refractivity (Wildman–Crippen MR) is 143 cm³/mol. The highest BCUT2D eigenvalue weighted by Crippen LogP contribution is 2.20. The number of esters is 2. The maximum absolute atomic E-state index is 12.3. The Morgan fingerprint density at radius 1 is 0.816 bits per heavy atom. The highest BCUT2D eigenvalue weighted by atomic mass is 16.6. The minimum absolute atomic E-state index is 0.0664. The smallest absolute Gasteiger partial charge is 0.308 e. The van der Waals surface area contributed by atoms with Crippen LogP contribution in [0.15, 0.2) is 0 Å².